The maximum Gasteiger partial charge on any atom is 0.251 e. The van der Waals surface area contributed by atoms with Gasteiger partial charge in [-0.3, -0.25) is 9.79 Å². The summed E-state index contributed by atoms with van der Waals surface area (Å²) in [7, 11) is 0. The molecule has 2 aromatic rings. The van der Waals surface area contributed by atoms with Gasteiger partial charge in [-0.05, 0) is 50.6 Å². The lowest BCUT2D eigenvalue weighted by Gasteiger charge is -2.15. The second kappa shape index (κ2) is 12.5. The molecule has 1 unspecified atom stereocenters. The topological polar surface area (TPSA) is 95.0 Å². The number of aliphatic hydroxyl groups is 1. The van der Waals surface area contributed by atoms with Crippen molar-refractivity contribution in [3.8, 4) is 5.75 Å². The number of carbonyl (C=O) groups is 1. The van der Waals surface area contributed by atoms with Gasteiger partial charge in [-0.25, -0.2) is 0 Å². The zero-order valence-corrected chi connectivity index (χ0v) is 17.9. The lowest BCUT2D eigenvalue weighted by atomic mass is 10.1. The summed E-state index contributed by atoms with van der Waals surface area (Å²) in [4.78, 5) is 16.5. The lowest BCUT2D eigenvalue weighted by molar-refractivity contribution is 0.0954. The molecule has 0 fully saturated rings. The summed E-state index contributed by atoms with van der Waals surface area (Å²) in [5.74, 6) is 1.20. The SMILES string of the molecule is CCNC(=NCC(O)c1cccc(OC(C)C)c1)NCCNC(=O)c1ccccc1. The molecule has 0 aliphatic carbocycles. The highest BCUT2D eigenvalue weighted by Crippen LogP contribution is 2.20. The van der Waals surface area contributed by atoms with Crippen LogP contribution >= 0.6 is 0 Å². The van der Waals surface area contributed by atoms with Crippen LogP contribution in [0.25, 0.3) is 0 Å². The van der Waals surface area contributed by atoms with Crippen molar-refractivity contribution in [2.45, 2.75) is 33.0 Å². The molecule has 0 aromatic heterocycles. The molecule has 0 aliphatic rings. The number of benzene rings is 2. The highest BCUT2D eigenvalue weighted by Gasteiger charge is 2.10. The summed E-state index contributed by atoms with van der Waals surface area (Å²) in [5, 5.41) is 19.7. The summed E-state index contributed by atoms with van der Waals surface area (Å²) >= 11 is 0. The Morgan fingerprint density at radius 2 is 1.77 bits per heavy atom. The highest BCUT2D eigenvalue weighted by molar-refractivity contribution is 5.94. The van der Waals surface area contributed by atoms with Crippen molar-refractivity contribution in [2.75, 3.05) is 26.2 Å². The Morgan fingerprint density at radius 3 is 2.47 bits per heavy atom. The van der Waals surface area contributed by atoms with E-state index in [0.717, 1.165) is 11.3 Å². The van der Waals surface area contributed by atoms with Gasteiger partial charge in [0.25, 0.3) is 5.91 Å². The average Bonchev–Trinajstić information content (AvgIpc) is 2.74. The largest absolute Gasteiger partial charge is 0.491 e. The van der Waals surface area contributed by atoms with Gasteiger partial charge in [-0.2, -0.15) is 0 Å². The minimum Gasteiger partial charge on any atom is -0.491 e. The minimum absolute atomic E-state index is 0.0716. The number of amides is 1. The number of guanidine groups is 1. The van der Waals surface area contributed by atoms with Crippen LogP contribution in [-0.2, 0) is 0 Å². The standard InChI is InChI=1S/C23H32N4O3/c1-4-24-23(26-14-13-25-22(29)18-9-6-5-7-10-18)27-16-21(28)19-11-8-12-20(15-19)30-17(2)3/h5-12,15,17,21,28H,4,13-14,16H2,1-3H3,(H,25,29)(H2,24,26,27). The van der Waals surface area contributed by atoms with Gasteiger partial charge in [0.1, 0.15) is 5.75 Å². The van der Waals surface area contributed by atoms with Crippen LogP contribution < -0.4 is 20.7 Å². The van der Waals surface area contributed by atoms with Crippen molar-refractivity contribution in [1.82, 2.24) is 16.0 Å². The number of aliphatic hydroxyl groups excluding tert-OH is 1. The van der Waals surface area contributed by atoms with E-state index in [1.807, 2.05) is 63.2 Å². The number of aliphatic imine (C=N–C) groups is 1. The first-order valence-corrected chi connectivity index (χ1v) is 10.3. The second-order valence-electron chi connectivity index (χ2n) is 7.02. The number of ether oxygens (including phenoxy) is 1. The Morgan fingerprint density at radius 1 is 1.03 bits per heavy atom. The van der Waals surface area contributed by atoms with E-state index in [1.165, 1.54) is 0 Å². The third-order valence-electron chi connectivity index (χ3n) is 4.12. The number of hydrogen-bond acceptors (Lipinski definition) is 4. The number of carbonyl (C=O) groups excluding carboxylic acids is 1. The third-order valence-corrected chi connectivity index (χ3v) is 4.12. The van der Waals surface area contributed by atoms with Crippen LogP contribution in [0.5, 0.6) is 5.75 Å². The van der Waals surface area contributed by atoms with Crippen LogP contribution in [0.15, 0.2) is 59.6 Å². The molecular weight excluding hydrogens is 380 g/mol. The molecular formula is C23H32N4O3. The molecule has 2 rings (SSSR count). The summed E-state index contributed by atoms with van der Waals surface area (Å²) < 4.78 is 5.68. The quantitative estimate of drug-likeness (QED) is 0.273. The zero-order valence-electron chi connectivity index (χ0n) is 17.9. The van der Waals surface area contributed by atoms with Crippen LogP contribution in [0.3, 0.4) is 0 Å². The highest BCUT2D eigenvalue weighted by atomic mass is 16.5. The molecule has 0 bridgehead atoms. The van der Waals surface area contributed by atoms with Gasteiger partial charge in [0, 0.05) is 25.2 Å². The van der Waals surface area contributed by atoms with Crippen molar-refractivity contribution in [3.05, 3.63) is 65.7 Å². The number of rotatable bonds is 10. The van der Waals surface area contributed by atoms with Crippen molar-refractivity contribution >= 4 is 11.9 Å². The first kappa shape index (κ1) is 23.2. The number of nitrogens with zero attached hydrogens (tertiary/aromatic N) is 1. The van der Waals surface area contributed by atoms with Gasteiger partial charge in [0.15, 0.2) is 5.96 Å². The van der Waals surface area contributed by atoms with Crippen molar-refractivity contribution < 1.29 is 14.6 Å². The Kier molecular flexibility index (Phi) is 9.67. The van der Waals surface area contributed by atoms with Gasteiger partial charge in [-0.15, -0.1) is 0 Å². The van der Waals surface area contributed by atoms with Crippen molar-refractivity contribution in [2.24, 2.45) is 4.99 Å². The predicted octanol–water partition coefficient (Wildman–Crippen LogP) is 2.49. The Balaban J connectivity index is 1.84. The van der Waals surface area contributed by atoms with E-state index in [4.69, 9.17) is 4.74 Å². The molecule has 2 aromatic carbocycles. The fourth-order valence-corrected chi connectivity index (χ4v) is 2.74. The van der Waals surface area contributed by atoms with Crippen LogP contribution in [0.2, 0.25) is 0 Å². The monoisotopic (exact) mass is 412 g/mol. The molecule has 7 nitrogen and oxygen atoms in total. The summed E-state index contributed by atoms with van der Waals surface area (Å²) in [6.07, 6.45) is -0.670. The summed E-state index contributed by atoms with van der Waals surface area (Å²) in [5.41, 5.74) is 1.38. The molecule has 1 atom stereocenters. The molecule has 30 heavy (non-hydrogen) atoms. The summed E-state index contributed by atoms with van der Waals surface area (Å²) in [6.45, 7) is 7.76. The van der Waals surface area contributed by atoms with Crippen molar-refractivity contribution in [3.63, 3.8) is 0 Å². The van der Waals surface area contributed by atoms with Crippen LogP contribution in [0, 0.1) is 0 Å². The van der Waals surface area contributed by atoms with Crippen molar-refractivity contribution in [1.29, 1.82) is 0 Å². The van der Waals surface area contributed by atoms with Gasteiger partial charge in [0.2, 0.25) is 0 Å². The predicted molar refractivity (Wildman–Crippen MR) is 120 cm³/mol. The smallest absolute Gasteiger partial charge is 0.251 e. The van der Waals surface area contributed by atoms with E-state index >= 15 is 0 Å². The summed E-state index contributed by atoms with van der Waals surface area (Å²) in [6, 6.07) is 16.5. The van der Waals surface area contributed by atoms with Gasteiger partial charge >= 0.3 is 0 Å². The maximum absolute atomic E-state index is 12.1. The maximum atomic E-state index is 12.1. The number of hydrogen-bond donors (Lipinski definition) is 4. The minimum atomic E-state index is -0.742. The van der Waals surface area contributed by atoms with Crippen LogP contribution in [0.1, 0.15) is 42.8 Å². The normalized spacial score (nSPS) is 12.4. The van der Waals surface area contributed by atoms with Crippen LogP contribution in [0.4, 0.5) is 0 Å². The Labute approximate surface area is 178 Å². The van der Waals surface area contributed by atoms with E-state index in [0.29, 0.717) is 31.2 Å². The van der Waals surface area contributed by atoms with E-state index in [2.05, 4.69) is 20.9 Å². The van der Waals surface area contributed by atoms with E-state index in [1.54, 1.807) is 12.1 Å². The zero-order chi connectivity index (χ0) is 21.8. The molecule has 7 heteroatoms. The molecule has 4 N–H and O–H groups in total. The van der Waals surface area contributed by atoms with E-state index in [9.17, 15) is 9.90 Å². The molecule has 0 aliphatic heterocycles. The van der Waals surface area contributed by atoms with Crippen LogP contribution in [-0.4, -0.2) is 49.3 Å². The Bertz CT molecular complexity index is 809. The van der Waals surface area contributed by atoms with Gasteiger partial charge in [0.05, 0.1) is 18.8 Å². The second-order valence-corrected chi connectivity index (χ2v) is 7.02. The molecule has 0 heterocycles. The van der Waals surface area contributed by atoms with E-state index in [-0.39, 0.29) is 18.6 Å². The first-order valence-electron chi connectivity index (χ1n) is 10.3. The fourth-order valence-electron chi connectivity index (χ4n) is 2.74. The molecule has 0 saturated heterocycles. The molecule has 162 valence electrons. The fraction of sp³-hybridized carbons (Fsp3) is 0.391. The van der Waals surface area contributed by atoms with E-state index < -0.39 is 6.10 Å². The first-order chi connectivity index (χ1) is 14.5. The van der Waals surface area contributed by atoms with Gasteiger partial charge in [-0.1, -0.05) is 30.3 Å². The average molecular weight is 413 g/mol. The molecule has 0 radical (unpaired) electrons. The molecule has 0 saturated carbocycles. The number of nitrogens with one attached hydrogen (secondary N) is 3. The molecule has 0 spiro atoms. The molecule has 1 amide bonds. The van der Waals surface area contributed by atoms with Gasteiger partial charge < -0.3 is 25.8 Å². The lowest BCUT2D eigenvalue weighted by Crippen LogP contribution is -2.41. The Hall–Kier alpha value is -3.06. The third kappa shape index (κ3) is 8.13.